The van der Waals surface area contributed by atoms with E-state index in [-0.39, 0.29) is 0 Å². The Morgan fingerprint density at radius 1 is 1.31 bits per heavy atom. The van der Waals surface area contributed by atoms with Gasteiger partial charge in [0, 0.05) is 12.6 Å². The zero-order chi connectivity index (χ0) is 12.0. The first kappa shape index (κ1) is 13.3. The van der Waals surface area contributed by atoms with Gasteiger partial charge in [0.25, 0.3) is 0 Å². The summed E-state index contributed by atoms with van der Waals surface area (Å²) in [7, 11) is 0. The van der Waals surface area contributed by atoms with Gasteiger partial charge in [-0.25, -0.2) is 5.84 Å². The van der Waals surface area contributed by atoms with Crippen molar-refractivity contribution in [2.45, 2.75) is 52.5 Å². The van der Waals surface area contributed by atoms with Crippen molar-refractivity contribution in [3.05, 3.63) is 0 Å². The molecule has 4 heteroatoms. The Labute approximate surface area is 99.1 Å². The van der Waals surface area contributed by atoms with Crippen LogP contribution >= 0.6 is 0 Å². The lowest BCUT2D eigenvalue weighted by atomic mass is 9.79. The van der Waals surface area contributed by atoms with Gasteiger partial charge in [-0.15, -0.1) is 0 Å². The number of hydrazine groups is 1. The smallest absolute Gasteiger partial charge is 0.205 e. The fraction of sp³-hybridized carbons (Fsp3) is 0.917. The van der Waals surface area contributed by atoms with Crippen LogP contribution in [0, 0.1) is 11.8 Å². The Kier molecular flexibility index (Phi) is 5.60. The molecule has 1 rings (SSSR count). The minimum Gasteiger partial charge on any atom is -0.353 e. The first-order valence-electron chi connectivity index (χ1n) is 6.45. The lowest BCUT2D eigenvalue weighted by Crippen LogP contribution is -2.48. The van der Waals surface area contributed by atoms with Crippen molar-refractivity contribution < 1.29 is 0 Å². The predicted octanol–water partition coefficient (Wildman–Crippen LogP) is 1.63. The van der Waals surface area contributed by atoms with Gasteiger partial charge in [-0.3, -0.25) is 10.4 Å². The molecule has 0 aromatic heterocycles. The molecule has 3 atom stereocenters. The number of guanidine groups is 1. The lowest BCUT2D eigenvalue weighted by molar-refractivity contribution is 0.239. The largest absolute Gasteiger partial charge is 0.353 e. The van der Waals surface area contributed by atoms with E-state index < -0.39 is 0 Å². The van der Waals surface area contributed by atoms with Crippen molar-refractivity contribution >= 4 is 5.96 Å². The summed E-state index contributed by atoms with van der Waals surface area (Å²) in [5, 5.41) is 3.41. The molecule has 0 amide bonds. The summed E-state index contributed by atoms with van der Waals surface area (Å²) in [4.78, 5) is 4.37. The van der Waals surface area contributed by atoms with E-state index in [1.165, 1.54) is 19.3 Å². The van der Waals surface area contributed by atoms with Crippen molar-refractivity contribution in [1.29, 1.82) is 0 Å². The minimum absolute atomic E-state index is 0.526. The van der Waals surface area contributed by atoms with E-state index in [1.807, 2.05) is 0 Å². The quantitative estimate of drug-likeness (QED) is 0.297. The molecule has 16 heavy (non-hydrogen) atoms. The van der Waals surface area contributed by atoms with Crippen molar-refractivity contribution in [3.8, 4) is 0 Å². The third-order valence-corrected chi connectivity index (χ3v) is 3.57. The minimum atomic E-state index is 0.526. The SMILES string of the molecule is CCCN=C(NN)NC1CCC(C)C(C)C1. The molecule has 94 valence electrons. The van der Waals surface area contributed by atoms with Gasteiger partial charge >= 0.3 is 0 Å². The molecule has 0 aromatic carbocycles. The van der Waals surface area contributed by atoms with Crippen LogP contribution < -0.4 is 16.6 Å². The standard InChI is InChI=1S/C12H26N4/c1-4-7-14-12(16-13)15-11-6-5-9(2)10(3)8-11/h9-11H,4-8,13H2,1-3H3,(H2,14,15,16). The van der Waals surface area contributed by atoms with Crippen LogP contribution in [0.5, 0.6) is 0 Å². The second-order valence-corrected chi connectivity index (χ2v) is 4.98. The van der Waals surface area contributed by atoms with Crippen molar-refractivity contribution in [1.82, 2.24) is 10.7 Å². The van der Waals surface area contributed by atoms with Gasteiger partial charge in [0.2, 0.25) is 5.96 Å². The maximum atomic E-state index is 5.45. The molecular formula is C12H26N4. The molecule has 1 aliphatic carbocycles. The van der Waals surface area contributed by atoms with Gasteiger partial charge in [-0.2, -0.15) is 0 Å². The molecule has 0 spiro atoms. The zero-order valence-corrected chi connectivity index (χ0v) is 10.8. The first-order valence-corrected chi connectivity index (χ1v) is 6.45. The molecule has 1 saturated carbocycles. The van der Waals surface area contributed by atoms with Crippen molar-refractivity contribution in [3.63, 3.8) is 0 Å². The highest BCUT2D eigenvalue weighted by Gasteiger charge is 2.24. The third kappa shape index (κ3) is 4.00. The normalized spacial score (nSPS) is 31.2. The van der Waals surface area contributed by atoms with Crippen LogP contribution in [0.15, 0.2) is 4.99 Å². The summed E-state index contributed by atoms with van der Waals surface area (Å²) in [5.74, 6) is 7.83. The second-order valence-electron chi connectivity index (χ2n) is 4.98. The molecule has 0 heterocycles. The molecule has 4 N–H and O–H groups in total. The highest BCUT2D eigenvalue weighted by Crippen LogP contribution is 2.29. The lowest BCUT2D eigenvalue weighted by Gasteiger charge is -2.33. The van der Waals surface area contributed by atoms with Gasteiger partial charge in [0.1, 0.15) is 0 Å². The number of aliphatic imine (C=N–C) groups is 1. The Balaban J connectivity index is 2.40. The third-order valence-electron chi connectivity index (χ3n) is 3.57. The van der Waals surface area contributed by atoms with E-state index in [1.54, 1.807) is 0 Å². The maximum absolute atomic E-state index is 5.45. The maximum Gasteiger partial charge on any atom is 0.205 e. The molecular weight excluding hydrogens is 200 g/mol. The molecule has 0 bridgehead atoms. The van der Waals surface area contributed by atoms with Crippen LogP contribution in [-0.4, -0.2) is 18.5 Å². The van der Waals surface area contributed by atoms with Crippen molar-refractivity contribution in [2.24, 2.45) is 22.7 Å². The summed E-state index contributed by atoms with van der Waals surface area (Å²) in [6, 6.07) is 0.526. The Morgan fingerprint density at radius 2 is 2.06 bits per heavy atom. The van der Waals surface area contributed by atoms with Crippen LogP contribution in [0.2, 0.25) is 0 Å². The van der Waals surface area contributed by atoms with E-state index in [9.17, 15) is 0 Å². The van der Waals surface area contributed by atoms with Crippen LogP contribution in [-0.2, 0) is 0 Å². The predicted molar refractivity (Wildman–Crippen MR) is 69.0 cm³/mol. The highest BCUT2D eigenvalue weighted by molar-refractivity contribution is 5.79. The van der Waals surface area contributed by atoms with Gasteiger partial charge in [0.05, 0.1) is 0 Å². The van der Waals surface area contributed by atoms with Gasteiger partial charge in [-0.05, 0) is 37.5 Å². The second kappa shape index (κ2) is 6.74. The van der Waals surface area contributed by atoms with Crippen LogP contribution in [0.1, 0.15) is 46.5 Å². The summed E-state index contributed by atoms with van der Waals surface area (Å²) in [5.41, 5.74) is 2.65. The Bertz CT molecular complexity index is 227. The molecule has 0 aliphatic heterocycles. The van der Waals surface area contributed by atoms with E-state index >= 15 is 0 Å². The number of hydrogen-bond donors (Lipinski definition) is 3. The monoisotopic (exact) mass is 226 g/mol. The fourth-order valence-corrected chi connectivity index (χ4v) is 2.23. The van der Waals surface area contributed by atoms with Crippen molar-refractivity contribution in [2.75, 3.05) is 6.54 Å². The number of rotatable bonds is 3. The molecule has 1 aliphatic rings. The molecule has 1 fully saturated rings. The van der Waals surface area contributed by atoms with Gasteiger partial charge in [-0.1, -0.05) is 20.8 Å². The van der Waals surface area contributed by atoms with E-state index in [2.05, 4.69) is 36.5 Å². The molecule has 3 unspecified atom stereocenters. The fourth-order valence-electron chi connectivity index (χ4n) is 2.23. The topological polar surface area (TPSA) is 62.4 Å². The van der Waals surface area contributed by atoms with Gasteiger partial charge < -0.3 is 5.32 Å². The molecule has 4 nitrogen and oxygen atoms in total. The zero-order valence-electron chi connectivity index (χ0n) is 10.8. The Hall–Kier alpha value is -0.770. The van der Waals surface area contributed by atoms with E-state index in [4.69, 9.17) is 5.84 Å². The van der Waals surface area contributed by atoms with E-state index in [0.717, 1.165) is 30.8 Å². The van der Waals surface area contributed by atoms with Crippen LogP contribution in [0.25, 0.3) is 0 Å². The molecule has 0 saturated heterocycles. The first-order chi connectivity index (χ1) is 7.67. The number of nitrogens with zero attached hydrogens (tertiary/aromatic N) is 1. The number of hydrogen-bond acceptors (Lipinski definition) is 2. The average Bonchev–Trinajstić information content (AvgIpc) is 2.29. The molecule has 0 aromatic rings. The van der Waals surface area contributed by atoms with Crippen LogP contribution in [0.3, 0.4) is 0 Å². The number of nitrogens with one attached hydrogen (secondary N) is 2. The summed E-state index contributed by atoms with van der Waals surface area (Å²) in [6.45, 7) is 7.61. The van der Waals surface area contributed by atoms with Gasteiger partial charge in [0.15, 0.2) is 0 Å². The average molecular weight is 226 g/mol. The molecule has 0 radical (unpaired) electrons. The van der Waals surface area contributed by atoms with E-state index in [0.29, 0.717) is 6.04 Å². The summed E-state index contributed by atoms with van der Waals surface area (Å²) in [6.07, 6.45) is 4.78. The summed E-state index contributed by atoms with van der Waals surface area (Å²) < 4.78 is 0. The highest BCUT2D eigenvalue weighted by atomic mass is 15.3. The number of nitrogens with two attached hydrogens (primary N) is 1. The Morgan fingerprint density at radius 3 is 2.62 bits per heavy atom. The summed E-state index contributed by atoms with van der Waals surface area (Å²) >= 11 is 0. The van der Waals surface area contributed by atoms with Crippen LogP contribution in [0.4, 0.5) is 0 Å².